The van der Waals surface area contributed by atoms with Crippen LogP contribution in [-0.4, -0.2) is 6.21 Å². The molecule has 0 aromatic rings. The molecule has 1 heteroatoms. The van der Waals surface area contributed by atoms with Gasteiger partial charge in [-0.3, -0.25) is 4.99 Å². The van der Waals surface area contributed by atoms with Crippen LogP contribution in [-0.2, 0) is 0 Å². The largest absolute Gasteiger partial charge is 0.257 e. The van der Waals surface area contributed by atoms with E-state index in [1.165, 1.54) is 0 Å². The summed E-state index contributed by atoms with van der Waals surface area (Å²) in [6.07, 6.45) is 14.4. The van der Waals surface area contributed by atoms with E-state index in [4.69, 9.17) is 0 Å². The van der Waals surface area contributed by atoms with Crippen LogP contribution in [0.3, 0.4) is 0 Å². The topological polar surface area (TPSA) is 12.4 Å². The molecule has 0 aromatic carbocycles. The number of hydrogen-bond donors (Lipinski definition) is 0. The molecule has 1 aliphatic carbocycles. The van der Waals surface area contributed by atoms with E-state index in [2.05, 4.69) is 23.2 Å². The predicted octanol–water partition coefficient (Wildman–Crippen LogP) is 2.87. The van der Waals surface area contributed by atoms with E-state index in [-0.39, 0.29) is 0 Å². The number of aliphatic imine (C=N–C) groups is 1. The summed E-state index contributed by atoms with van der Waals surface area (Å²) in [5.41, 5.74) is 1.08. The second-order valence-electron chi connectivity index (χ2n) is 2.41. The lowest BCUT2D eigenvalue weighted by Gasteiger charge is -1.98. The van der Waals surface area contributed by atoms with Crippen molar-refractivity contribution in [1.82, 2.24) is 0 Å². The SMILES string of the molecule is C/C=C/C=NC1=CCCC=C1. The molecule has 0 radical (unpaired) electrons. The van der Waals surface area contributed by atoms with Crippen molar-refractivity contribution >= 4 is 6.21 Å². The summed E-state index contributed by atoms with van der Waals surface area (Å²) in [6.45, 7) is 1.98. The molecule has 0 bridgehead atoms. The molecule has 0 atom stereocenters. The molecule has 58 valence electrons. The monoisotopic (exact) mass is 147 g/mol. The summed E-state index contributed by atoms with van der Waals surface area (Å²) in [5, 5.41) is 0. The molecule has 1 aliphatic rings. The number of rotatable bonds is 2. The van der Waals surface area contributed by atoms with Crippen LogP contribution in [0, 0.1) is 0 Å². The Morgan fingerprint density at radius 2 is 2.36 bits per heavy atom. The van der Waals surface area contributed by atoms with Crippen LogP contribution < -0.4 is 0 Å². The minimum Gasteiger partial charge on any atom is -0.257 e. The third-order valence-electron chi connectivity index (χ3n) is 1.48. The van der Waals surface area contributed by atoms with Crippen molar-refractivity contribution in [2.75, 3.05) is 0 Å². The van der Waals surface area contributed by atoms with Crippen molar-refractivity contribution in [2.45, 2.75) is 19.8 Å². The van der Waals surface area contributed by atoms with Gasteiger partial charge in [0.1, 0.15) is 0 Å². The summed E-state index contributed by atoms with van der Waals surface area (Å²) >= 11 is 0. The first-order valence-electron chi connectivity index (χ1n) is 3.95. The molecule has 0 unspecified atom stereocenters. The molecule has 1 nitrogen and oxygen atoms in total. The lowest BCUT2D eigenvalue weighted by molar-refractivity contribution is 1.01. The lowest BCUT2D eigenvalue weighted by Crippen LogP contribution is -1.80. The first kappa shape index (κ1) is 7.99. The van der Waals surface area contributed by atoms with Crippen LogP contribution in [0.5, 0.6) is 0 Å². The number of hydrogen-bond acceptors (Lipinski definition) is 1. The molecule has 0 heterocycles. The zero-order valence-corrected chi connectivity index (χ0v) is 6.83. The Morgan fingerprint density at radius 1 is 1.45 bits per heavy atom. The van der Waals surface area contributed by atoms with Crippen LogP contribution in [0.1, 0.15) is 19.8 Å². The minimum atomic E-state index is 1.08. The molecule has 0 saturated carbocycles. The summed E-state index contributed by atoms with van der Waals surface area (Å²) in [6, 6.07) is 0. The van der Waals surface area contributed by atoms with Gasteiger partial charge in [-0.1, -0.05) is 18.2 Å². The van der Waals surface area contributed by atoms with Gasteiger partial charge in [-0.25, -0.2) is 0 Å². The first-order chi connectivity index (χ1) is 5.43. The average molecular weight is 147 g/mol. The molecule has 0 aliphatic heterocycles. The van der Waals surface area contributed by atoms with Gasteiger partial charge in [0, 0.05) is 6.21 Å². The highest BCUT2D eigenvalue weighted by atomic mass is 14.7. The minimum absolute atomic E-state index is 1.08. The second-order valence-corrected chi connectivity index (χ2v) is 2.41. The molecular weight excluding hydrogens is 134 g/mol. The summed E-state index contributed by atoms with van der Waals surface area (Å²) in [7, 11) is 0. The standard InChI is InChI=1S/C10H13N/c1-2-3-9-11-10-7-5-4-6-8-10/h2-3,5,7-9H,4,6H2,1H3/b3-2+,11-9?. The molecule has 1 rings (SSSR count). The van der Waals surface area contributed by atoms with Crippen molar-refractivity contribution in [2.24, 2.45) is 4.99 Å². The molecule has 0 aromatic heterocycles. The fraction of sp³-hybridized carbons (Fsp3) is 0.300. The normalized spacial score (nSPS) is 18.1. The van der Waals surface area contributed by atoms with Gasteiger partial charge in [0.15, 0.2) is 0 Å². The average Bonchev–Trinajstić information content (AvgIpc) is 2.07. The maximum Gasteiger partial charge on any atom is 0.0586 e. The van der Waals surface area contributed by atoms with Crippen molar-refractivity contribution in [3.05, 3.63) is 36.1 Å². The zero-order chi connectivity index (χ0) is 7.94. The van der Waals surface area contributed by atoms with Gasteiger partial charge >= 0.3 is 0 Å². The van der Waals surface area contributed by atoms with Crippen LogP contribution in [0.2, 0.25) is 0 Å². The van der Waals surface area contributed by atoms with E-state index in [9.17, 15) is 0 Å². The van der Waals surface area contributed by atoms with Gasteiger partial charge in [-0.15, -0.1) is 0 Å². The molecule has 11 heavy (non-hydrogen) atoms. The van der Waals surface area contributed by atoms with Crippen molar-refractivity contribution in [3.63, 3.8) is 0 Å². The Kier molecular flexibility index (Phi) is 3.39. The highest BCUT2D eigenvalue weighted by Gasteiger charge is 1.91. The molecule has 0 spiro atoms. The molecule has 0 N–H and O–H groups in total. The van der Waals surface area contributed by atoms with Gasteiger partial charge in [0.05, 0.1) is 5.70 Å². The highest BCUT2D eigenvalue weighted by molar-refractivity contribution is 5.72. The smallest absolute Gasteiger partial charge is 0.0586 e. The Morgan fingerprint density at radius 3 is 3.00 bits per heavy atom. The maximum atomic E-state index is 4.24. The van der Waals surface area contributed by atoms with E-state index in [0.717, 1.165) is 18.5 Å². The van der Waals surface area contributed by atoms with E-state index in [1.54, 1.807) is 0 Å². The van der Waals surface area contributed by atoms with Gasteiger partial charge in [-0.2, -0.15) is 0 Å². The van der Waals surface area contributed by atoms with E-state index >= 15 is 0 Å². The Bertz CT molecular complexity index is 219. The van der Waals surface area contributed by atoms with E-state index in [0.29, 0.717) is 0 Å². The van der Waals surface area contributed by atoms with E-state index in [1.807, 2.05) is 25.3 Å². The second kappa shape index (κ2) is 4.67. The summed E-state index contributed by atoms with van der Waals surface area (Å²) in [4.78, 5) is 4.24. The van der Waals surface area contributed by atoms with Crippen LogP contribution in [0.4, 0.5) is 0 Å². The highest BCUT2D eigenvalue weighted by Crippen LogP contribution is 2.09. The maximum absolute atomic E-state index is 4.24. The molecule has 0 amide bonds. The van der Waals surface area contributed by atoms with Crippen LogP contribution in [0.25, 0.3) is 0 Å². The molecule has 0 saturated heterocycles. The first-order valence-corrected chi connectivity index (χ1v) is 3.95. The Hall–Kier alpha value is -1.11. The quantitative estimate of drug-likeness (QED) is 0.532. The zero-order valence-electron chi connectivity index (χ0n) is 6.83. The van der Waals surface area contributed by atoms with Crippen molar-refractivity contribution in [3.8, 4) is 0 Å². The van der Waals surface area contributed by atoms with Gasteiger partial charge in [-0.05, 0) is 31.9 Å². The van der Waals surface area contributed by atoms with Crippen LogP contribution >= 0.6 is 0 Å². The summed E-state index contributed by atoms with van der Waals surface area (Å²) in [5.74, 6) is 0. The van der Waals surface area contributed by atoms with Crippen molar-refractivity contribution < 1.29 is 0 Å². The van der Waals surface area contributed by atoms with Crippen LogP contribution in [0.15, 0.2) is 41.1 Å². The number of nitrogens with zero attached hydrogens (tertiary/aromatic N) is 1. The fourth-order valence-corrected chi connectivity index (χ4v) is 0.910. The molecule has 0 fully saturated rings. The Labute approximate surface area is 67.8 Å². The third-order valence-corrected chi connectivity index (χ3v) is 1.48. The Balaban J connectivity index is 2.48. The van der Waals surface area contributed by atoms with Gasteiger partial charge in [0.2, 0.25) is 0 Å². The molecular formula is C10H13N. The lowest BCUT2D eigenvalue weighted by atomic mass is 10.1. The predicted molar refractivity (Wildman–Crippen MR) is 49.8 cm³/mol. The fourth-order valence-electron chi connectivity index (χ4n) is 0.910. The summed E-state index contributed by atoms with van der Waals surface area (Å²) < 4.78 is 0. The van der Waals surface area contributed by atoms with Gasteiger partial charge in [0.25, 0.3) is 0 Å². The van der Waals surface area contributed by atoms with Gasteiger partial charge < -0.3 is 0 Å². The third kappa shape index (κ3) is 2.99. The van der Waals surface area contributed by atoms with Crippen molar-refractivity contribution in [1.29, 1.82) is 0 Å². The van der Waals surface area contributed by atoms with E-state index < -0.39 is 0 Å². The number of allylic oxidation sites excluding steroid dienone is 5.